The van der Waals surface area contributed by atoms with Crippen LogP contribution in [0.1, 0.15) is 0 Å². The molecule has 0 radical (unpaired) electrons. The standard InChI is InChI=1S/C66H45N3Si/c1-5-22-46(23-6-1)47-42-44-48(45-43-47)67-64-56(33-19-39-61(64)68-58-36-16-13-30-52(58)53-31-14-17-37-59(53)68)57-34-20-40-62(65(57)67)69-60-38-18-15-32-54(60)55-35-21-41-63(66(55)69)70(49-24-7-2-8-25-49,50-26-9-3-10-27-50)51-28-11-4-12-29-51/h1-45H. The van der Waals surface area contributed by atoms with E-state index in [2.05, 4.69) is 287 Å². The van der Waals surface area contributed by atoms with Crippen molar-refractivity contribution in [1.82, 2.24) is 13.7 Å². The fourth-order valence-corrected chi connectivity index (χ4v) is 16.9. The summed E-state index contributed by atoms with van der Waals surface area (Å²) in [6.07, 6.45) is 0. The van der Waals surface area contributed by atoms with Gasteiger partial charge in [0.2, 0.25) is 0 Å². The molecule has 3 heterocycles. The Morgan fingerprint density at radius 3 is 1.09 bits per heavy atom. The van der Waals surface area contributed by atoms with Crippen LogP contribution in [0.3, 0.4) is 0 Å². The number of hydrogen-bond donors (Lipinski definition) is 0. The molecule has 0 aliphatic carbocycles. The first-order chi connectivity index (χ1) is 34.8. The summed E-state index contributed by atoms with van der Waals surface area (Å²) in [4.78, 5) is 0. The number of fused-ring (bicyclic) bond motifs is 9. The van der Waals surface area contributed by atoms with Crippen LogP contribution in [0, 0.1) is 0 Å². The topological polar surface area (TPSA) is 14.8 Å². The van der Waals surface area contributed by atoms with Gasteiger partial charge in [0.05, 0.1) is 44.5 Å². The molecule has 0 saturated carbocycles. The average Bonchev–Trinajstić information content (AvgIpc) is 4.09. The van der Waals surface area contributed by atoms with Crippen molar-refractivity contribution in [2.45, 2.75) is 0 Å². The SMILES string of the molecule is c1ccc(-c2ccc(-n3c4c(-n5c6ccccc6c6ccccc65)cccc4c4cccc(-n5c6ccccc6c6cccc([Si](c7ccccc7)(c7ccccc7)c7ccccc7)c65)c43)cc2)cc1. The van der Waals surface area contributed by atoms with Gasteiger partial charge < -0.3 is 13.7 Å². The second kappa shape index (κ2) is 16.1. The smallest absolute Gasteiger partial charge is 0.181 e. The summed E-state index contributed by atoms with van der Waals surface area (Å²) in [5, 5.41) is 12.7. The van der Waals surface area contributed by atoms with E-state index in [1.807, 2.05) is 0 Å². The fraction of sp³-hybridized carbons (Fsp3) is 0. The number of para-hydroxylation sites is 6. The predicted octanol–water partition coefficient (Wildman–Crippen LogP) is 14.0. The second-order valence-electron chi connectivity index (χ2n) is 18.4. The van der Waals surface area contributed by atoms with Crippen molar-refractivity contribution in [1.29, 1.82) is 0 Å². The zero-order valence-corrected chi connectivity index (χ0v) is 39.3. The Hall–Kier alpha value is -8.96. The van der Waals surface area contributed by atoms with Gasteiger partial charge in [-0.25, -0.2) is 0 Å². The van der Waals surface area contributed by atoms with Crippen LogP contribution in [-0.4, -0.2) is 21.8 Å². The minimum Gasteiger partial charge on any atom is -0.307 e. The van der Waals surface area contributed by atoms with Crippen LogP contribution in [0.2, 0.25) is 0 Å². The van der Waals surface area contributed by atoms with Gasteiger partial charge in [0.15, 0.2) is 8.07 Å². The third-order valence-electron chi connectivity index (χ3n) is 14.8. The monoisotopic (exact) mass is 907 g/mol. The summed E-state index contributed by atoms with van der Waals surface area (Å²) in [7, 11) is -3.04. The van der Waals surface area contributed by atoms with Crippen molar-refractivity contribution < 1.29 is 0 Å². The molecule has 3 aromatic heterocycles. The minimum atomic E-state index is -3.04. The highest BCUT2D eigenvalue weighted by atomic mass is 28.3. The third kappa shape index (κ3) is 5.87. The van der Waals surface area contributed by atoms with Crippen LogP contribution in [0.25, 0.3) is 93.6 Å². The van der Waals surface area contributed by atoms with E-state index < -0.39 is 8.07 Å². The Balaban J connectivity index is 1.16. The Kier molecular flexibility index (Phi) is 9.23. The van der Waals surface area contributed by atoms with E-state index >= 15 is 0 Å². The summed E-state index contributed by atoms with van der Waals surface area (Å²) in [6.45, 7) is 0. The van der Waals surface area contributed by atoms with Gasteiger partial charge in [-0.1, -0.05) is 231 Å². The zero-order valence-electron chi connectivity index (χ0n) is 38.3. The fourth-order valence-electron chi connectivity index (χ4n) is 11.9. The largest absolute Gasteiger partial charge is 0.307 e. The normalized spacial score (nSPS) is 12.0. The van der Waals surface area contributed by atoms with Gasteiger partial charge in [-0.2, -0.15) is 0 Å². The molecule has 0 fully saturated rings. The lowest BCUT2D eigenvalue weighted by atomic mass is 10.1. The van der Waals surface area contributed by atoms with E-state index in [1.165, 1.54) is 86.3 Å². The van der Waals surface area contributed by atoms with Crippen molar-refractivity contribution >= 4 is 94.2 Å². The number of benzene rings is 11. The summed E-state index contributed by atoms with van der Waals surface area (Å²) in [5.74, 6) is 0. The Bertz CT molecular complexity index is 4110. The van der Waals surface area contributed by atoms with E-state index in [4.69, 9.17) is 0 Å². The highest BCUT2D eigenvalue weighted by molar-refractivity contribution is 7.20. The molecule has 0 saturated heterocycles. The molecule has 0 spiro atoms. The first-order valence-electron chi connectivity index (χ1n) is 24.2. The number of rotatable bonds is 8. The maximum Gasteiger partial charge on any atom is 0.181 e. The highest BCUT2D eigenvalue weighted by Crippen LogP contribution is 2.43. The average molecular weight is 908 g/mol. The van der Waals surface area contributed by atoms with Crippen LogP contribution in [0.5, 0.6) is 0 Å². The van der Waals surface area contributed by atoms with Gasteiger partial charge in [-0.05, 0) is 74.3 Å². The van der Waals surface area contributed by atoms with Crippen LogP contribution >= 0.6 is 0 Å². The molecule has 0 aliphatic rings. The molecule has 14 rings (SSSR count). The summed E-state index contributed by atoms with van der Waals surface area (Å²) < 4.78 is 7.67. The molecule has 0 N–H and O–H groups in total. The quantitative estimate of drug-likeness (QED) is 0.107. The zero-order chi connectivity index (χ0) is 46.2. The second-order valence-corrected chi connectivity index (χ2v) is 22.1. The lowest BCUT2D eigenvalue weighted by molar-refractivity contribution is 1.11. The number of nitrogens with zero attached hydrogens (tertiary/aromatic N) is 3. The van der Waals surface area contributed by atoms with E-state index in [1.54, 1.807) is 0 Å². The Morgan fingerprint density at radius 2 is 0.586 bits per heavy atom. The molecule has 11 aromatic carbocycles. The first-order valence-corrected chi connectivity index (χ1v) is 26.2. The molecule has 328 valence electrons. The molecular weight excluding hydrogens is 863 g/mol. The van der Waals surface area contributed by atoms with Gasteiger partial charge in [-0.3, -0.25) is 0 Å². The van der Waals surface area contributed by atoms with Crippen molar-refractivity contribution in [2.75, 3.05) is 0 Å². The lowest BCUT2D eigenvalue weighted by Crippen LogP contribution is -2.75. The van der Waals surface area contributed by atoms with Crippen LogP contribution in [0.15, 0.2) is 273 Å². The predicted molar refractivity (Wildman–Crippen MR) is 299 cm³/mol. The van der Waals surface area contributed by atoms with Gasteiger partial charge in [0.1, 0.15) is 0 Å². The molecule has 0 aliphatic heterocycles. The highest BCUT2D eigenvalue weighted by Gasteiger charge is 2.43. The molecule has 0 atom stereocenters. The minimum absolute atomic E-state index is 1.10. The van der Waals surface area contributed by atoms with Crippen molar-refractivity contribution in [3.8, 4) is 28.2 Å². The van der Waals surface area contributed by atoms with E-state index in [-0.39, 0.29) is 0 Å². The summed E-state index contributed by atoms with van der Waals surface area (Å²) in [6, 6.07) is 101. The molecule has 0 amide bonds. The maximum atomic E-state index is 2.62. The molecule has 70 heavy (non-hydrogen) atoms. The third-order valence-corrected chi connectivity index (χ3v) is 19.6. The van der Waals surface area contributed by atoms with Gasteiger partial charge in [-0.15, -0.1) is 0 Å². The van der Waals surface area contributed by atoms with Crippen LogP contribution < -0.4 is 20.7 Å². The van der Waals surface area contributed by atoms with E-state index in [9.17, 15) is 0 Å². The molecule has 3 nitrogen and oxygen atoms in total. The van der Waals surface area contributed by atoms with Gasteiger partial charge in [0, 0.05) is 38.0 Å². The summed E-state index contributed by atoms with van der Waals surface area (Å²) >= 11 is 0. The number of aromatic nitrogens is 3. The Morgan fingerprint density at radius 1 is 0.229 bits per heavy atom. The van der Waals surface area contributed by atoms with Gasteiger partial charge >= 0.3 is 0 Å². The van der Waals surface area contributed by atoms with Gasteiger partial charge in [0.25, 0.3) is 0 Å². The maximum absolute atomic E-state index is 3.04. The number of hydrogen-bond acceptors (Lipinski definition) is 0. The Labute approximate surface area is 407 Å². The molecule has 4 heteroatoms. The van der Waals surface area contributed by atoms with Crippen LogP contribution in [-0.2, 0) is 0 Å². The molecule has 14 aromatic rings. The lowest BCUT2D eigenvalue weighted by Gasteiger charge is -2.35. The molecule has 0 bridgehead atoms. The van der Waals surface area contributed by atoms with Crippen molar-refractivity contribution in [2.24, 2.45) is 0 Å². The summed E-state index contributed by atoms with van der Waals surface area (Å²) in [5.41, 5.74) is 12.8. The van der Waals surface area contributed by atoms with Crippen LogP contribution in [0.4, 0.5) is 0 Å². The van der Waals surface area contributed by atoms with Crippen molar-refractivity contribution in [3.63, 3.8) is 0 Å². The van der Waals surface area contributed by atoms with Crippen molar-refractivity contribution in [3.05, 3.63) is 273 Å². The first kappa shape index (κ1) is 40.1. The van der Waals surface area contributed by atoms with E-state index in [0.29, 0.717) is 0 Å². The van der Waals surface area contributed by atoms with E-state index in [0.717, 1.165) is 28.1 Å². The molecular formula is C66H45N3Si. The molecule has 0 unspecified atom stereocenters.